The zero-order chi connectivity index (χ0) is 73.5. The van der Waals surface area contributed by atoms with Crippen LogP contribution in [-0.2, 0) is 65.4 Å². The van der Waals surface area contributed by atoms with Gasteiger partial charge in [-0.25, -0.2) is 9.13 Å². The van der Waals surface area contributed by atoms with Crippen molar-refractivity contribution in [1.82, 2.24) is 0 Å². The number of aliphatic hydroxyl groups is 1. The highest BCUT2D eigenvalue weighted by molar-refractivity contribution is 7.47. The summed E-state index contributed by atoms with van der Waals surface area (Å²) in [5.74, 6) is -0.612. The molecular weight excluding hydrogens is 1310 g/mol. The maximum absolute atomic E-state index is 13.1. The Morgan fingerprint density at radius 3 is 0.710 bits per heavy atom. The van der Waals surface area contributed by atoms with Crippen molar-refractivity contribution in [3.05, 3.63) is 0 Å². The average molecular weight is 1470 g/mol. The van der Waals surface area contributed by atoms with Gasteiger partial charge in [-0.1, -0.05) is 375 Å². The smallest absolute Gasteiger partial charge is 0.462 e. The molecule has 4 unspecified atom stereocenters. The number of phosphoric ester groups is 2. The van der Waals surface area contributed by atoms with Crippen molar-refractivity contribution in [3.63, 3.8) is 0 Å². The van der Waals surface area contributed by atoms with Gasteiger partial charge in [0.05, 0.1) is 26.4 Å². The van der Waals surface area contributed by atoms with Gasteiger partial charge in [0.2, 0.25) is 0 Å². The van der Waals surface area contributed by atoms with Crippen LogP contribution >= 0.6 is 15.6 Å². The molecular formula is C81H158O17P2. The van der Waals surface area contributed by atoms with Crippen LogP contribution < -0.4 is 0 Å². The number of esters is 4. The van der Waals surface area contributed by atoms with Gasteiger partial charge in [0.25, 0.3) is 0 Å². The van der Waals surface area contributed by atoms with Crippen LogP contribution in [0.1, 0.15) is 427 Å². The van der Waals surface area contributed by atoms with Crippen molar-refractivity contribution in [2.75, 3.05) is 39.6 Å². The molecule has 19 heteroatoms. The lowest BCUT2D eigenvalue weighted by Crippen LogP contribution is -2.30. The maximum Gasteiger partial charge on any atom is 0.472 e. The summed E-state index contributed by atoms with van der Waals surface area (Å²) in [5, 5.41) is 10.6. The number of hydrogen-bond donors (Lipinski definition) is 3. The molecule has 0 aliphatic carbocycles. The number of carbonyl (C=O) groups excluding carboxylic acids is 4. The summed E-state index contributed by atoms with van der Waals surface area (Å²) >= 11 is 0. The van der Waals surface area contributed by atoms with E-state index in [4.69, 9.17) is 37.0 Å². The van der Waals surface area contributed by atoms with Crippen LogP contribution in [0.2, 0.25) is 0 Å². The van der Waals surface area contributed by atoms with Gasteiger partial charge in [-0.15, -0.1) is 0 Å². The molecule has 0 amide bonds. The number of unbranched alkanes of at least 4 members (excludes halogenated alkanes) is 48. The Morgan fingerprint density at radius 2 is 0.480 bits per heavy atom. The molecule has 0 spiro atoms. The molecule has 0 aliphatic heterocycles. The molecule has 7 atom stereocenters. The van der Waals surface area contributed by atoms with E-state index in [1.807, 2.05) is 0 Å². The highest BCUT2D eigenvalue weighted by Gasteiger charge is 2.30. The van der Waals surface area contributed by atoms with Gasteiger partial charge >= 0.3 is 39.5 Å². The molecule has 0 aromatic heterocycles. The molecule has 0 aromatic rings. The van der Waals surface area contributed by atoms with Gasteiger partial charge < -0.3 is 33.8 Å². The van der Waals surface area contributed by atoms with E-state index in [1.165, 1.54) is 238 Å². The Labute approximate surface area is 613 Å². The van der Waals surface area contributed by atoms with Gasteiger partial charge in [0, 0.05) is 25.7 Å². The van der Waals surface area contributed by atoms with Crippen LogP contribution in [0.25, 0.3) is 0 Å². The number of carbonyl (C=O) groups is 4. The largest absolute Gasteiger partial charge is 0.472 e. The Morgan fingerprint density at radius 1 is 0.280 bits per heavy atom. The summed E-state index contributed by atoms with van der Waals surface area (Å²) in [7, 11) is -9.92. The fraction of sp³-hybridized carbons (Fsp3) is 0.951. The highest BCUT2D eigenvalue weighted by Crippen LogP contribution is 2.45. The second-order valence-corrected chi connectivity index (χ2v) is 32.6. The summed E-state index contributed by atoms with van der Waals surface area (Å²) in [6.07, 6.45) is 62.6. The third-order valence-corrected chi connectivity index (χ3v) is 21.6. The molecule has 0 aliphatic rings. The summed E-state index contributed by atoms with van der Waals surface area (Å²) in [5.41, 5.74) is 0. The summed E-state index contributed by atoms with van der Waals surface area (Å²) in [6.45, 7) is 9.58. The van der Waals surface area contributed by atoms with Gasteiger partial charge in [0.1, 0.15) is 19.3 Å². The fourth-order valence-corrected chi connectivity index (χ4v) is 14.1. The number of hydrogen-bond acceptors (Lipinski definition) is 15. The zero-order valence-electron chi connectivity index (χ0n) is 65.5. The molecule has 3 N–H and O–H groups in total. The van der Waals surface area contributed by atoms with E-state index in [0.29, 0.717) is 25.7 Å². The standard InChI is InChI=1S/C81H158O17P2/c1-7-11-13-15-17-19-21-23-25-27-29-31-33-35-37-39-44-51-57-63-78(83)91-69-76(97-80(85)65-59-53-45-40-38-36-34-32-30-28-26-24-22-20-18-16-14-12-8-2)71-95-99(87,88)93-67-75(82)68-94-100(89,90)96-72-77(70-92-79(84)64-58-52-48-47-50-56-62-74(6)10-4)98-81(86)66-60-54-46-42-41-43-49-55-61-73(5)9-3/h73-77,82H,7-72H2,1-6H3,(H,87,88)(H,89,90)/t73?,74?,75-,76-,77-/m1/s1. The molecule has 0 bridgehead atoms. The van der Waals surface area contributed by atoms with Gasteiger partial charge in [0.15, 0.2) is 12.2 Å². The Bertz CT molecular complexity index is 1930. The second kappa shape index (κ2) is 72.6. The first kappa shape index (κ1) is 98.1. The van der Waals surface area contributed by atoms with Crippen LogP contribution in [-0.4, -0.2) is 96.7 Å². The van der Waals surface area contributed by atoms with Crippen LogP contribution in [0.3, 0.4) is 0 Å². The van der Waals surface area contributed by atoms with Crippen LogP contribution in [0.5, 0.6) is 0 Å². The monoisotopic (exact) mass is 1470 g/mol. The highest BCUT2D eigenvalue weighted by atomic mass is 31.2. The summed E-state index contributed by atoms with van der Waals surface area (Å²) < 4.78 is 68.7. The van der Waals surface area contributed by atoms with Crippen molar-refractivity contribution >= 4 is 39.5 Å². The molecule has 0 radical (unpaired) electrons. The molecule has 17 nitrogen and oxygen atoms in total. The first-order valence-electron chi connectivity index (χ1n) is 42.1. The van der Waals surface area contributed by atoms with Crippen LogP contribution in [0.4, 0.5) is 0 Å². The minimum atomic E-state index is -4.96. The average Bonchev–Trinajstić information content (AvgIpc) is 0.918. The quantitative estimate of drug-likeness (QED) is 0.0222. The minimum Gasteiger partial charge on any atom is -0.462 e. The normalized spacial score (nSPS) is 14.4. The molecule has 0 rings (SSSR count). The van der Waals surface area contributed by atoms with E-state index < -0.39 is 97.5 Å². The van der Waals surface area contributed by atoms with E-state index in [1.54, 1.807) is 0 Å². The van der Waals surface area contributed by atoms with Gasteiger partial charge in [-0.05, 0) is 37.5 Å². The lowest BCUT2D eigenvalue weighted by atomic mass is 9.99. The number of ether oxygens (including phenoxy) is 4. The van der Waals surface area contributed by atoms with Gasteiger partial charge in [-0.3, -0.25) is 37.3 Å². The summed E-state index contributed by atoms with van der Waals surface area (Å²) in [6, 6.07) is 0. The zero-order valence-corrected chi connectivity index (χ0v) is 67.3. The summed E-state index contributed by atoms with van der Waals surface area (Å²) in [4.78, 5) is 73.0. The van der Waals surface area contributed by atoms with E-state index in [-0.39, 0.29) is 25.7 Å². The van der Waals surface area contributed by atoms with Crippen molar-refractivity contribution < 1.29 is 80.2 Å². The third kappa shape index (κ3) is 71.7. The van der Waals surface area contributed by atoms with Crippen molar-refractivity contribution in [3.8, 4) is 0 Å². The third-order valence-electron chi connectivity index (χ3n) is 19.7. The topological polar surface area (TPSA) is 237 Å². The van der Waals surface area contributed by atoms with E-state index in [9.17, 15) is 43.2 Å². The SMILES string of the molecule is CCCCCCCCCCCCCCCCCCCCCC(=O)OC[C@H](COP(=O)(O)OC[C@@H](O)COP(=O)(O)OC[C@@H](COC(=O)CCCCCCCCC(C)CC)OC(=O)CCCCCCCCCCC(C)CC)OC(=O)CCCCCCCCCCCCCCCCCCCCC. The predicted octanol–water partition coefficient (Wildman–Crippen LogP) is 24.3. The van der Waals surface area contributed by atoms with Crippen molar-refractivity contribution in [1.29, 1.82) is 0 Å². The number of phosphoric acid groups is 2. The molecule has 0 aromatic carbocycles. The first-order chi connectivity index (χ1) is 48.4. The molecule has 0 fully saturated rings. The Kier molecular flexibility index (Phi) is 71.2. The second-order valence-electron chi connectivity index (χ2n) is 29.6. The predicted molar refractivity (Wildman–Crippen MR) is 409 cm³/mol. The molecule has 100 heavy (non-hydrogen) atoms. The fourth-order valence-electron chi connectivity index (χ4n) is 12.5. The van der Waals surface area contributed by atoms with Crippen LogP contribution in [0.15, 0.2) is 0 Å². The molecule has 0 saturated carbocycles. The van der Waals surface area contributed by atoms with Gasteiger partial charge in [-0.2, -0.15) is 0 Å². The van der Waals surface area contributed by atoms with E-state index in [0.717, 1.165) is 108 Å². The van der Waals surface area contributed by atoms with E-state index in [2.05, 4.69) is 41.5 Å². The minimum absolute atomic E-state index is 0.104. The molecule has 0 heterocycles. The first-order valence-corrected chi connectivity index (χ1v) is 45.1. The van der Waals surface area contributed by atoms with E-state index >= 15 is 0 Å². The van der Waals surface area contributed by atoms with Crippen molar-refractivity contribution in [2.24, 2.45) is 11.8 Å². The van der Waals surface area contributed by atoms with Crippen molar-refractivity contribution in [2.45, 2.75) is 445 Å². The lowest BCUT2D eigenvalue weighted by Gasteiger charge is -2.21. The Balaban J connectivity index is 5.23. The molecule has 594 valence electrons. The number of rotatable bonds is 80. The maximum atomic E-state index is 13.1. The van der Waals surface area contributed by atoms with Crippen LogP contribution in [0, 0.1) is 11.8 Å². The molecule has 0 saturated heterocycles. The Hall–Kier alpha value is -1.94. The number of aliphatic hydroxyl groups excluding tert-OH is 1. The lowest BCUT2D eigenvalue weighted by molar-refractivity contribution is -0.161.